The first-order chi connectivity index (χ1) is 11.5. The maximum Gasteiger partial charge on any atom is 0.333 e. The molecule has 1 aliphatic heterocycles. The van der Waals surface area contributed by atoms with Gasteiger partial charge in [0.15, 0.2) is 0 Å². The molecule has 1 aliphatic rings. The molecule has 0 aromatic heterocycles. The molecule has 1 aromatic rings. The third kappa shape index (κ3) is 4.86. The summed E-state index contributed by atoms with van der Waals surface area (Å²) in [7, 11) is 0. The zero-order chi connectivity index (χ0) is 17.5. The van der Waals surface area contributed by atoms with E-state index in [-0.39, 0.29) is 36.8 Å². The molecule has 2 rings (SSSR count). The van der Waals surface area contributed by atoms with Crippen LogP contribution < -0.4 is 5.32 Å². The molecule has 1 atom stereocenters. The summed E-state index contributed by atoms with van der Waals surface area (Å²) >= 11 is 1.23. The lowest BCUT2D eigenvalue weighted by atomic mass is 10.1. The molecule has 1 unspecified atom stereocenters. The van der Waals surface area contributed by atoms with E-state index in [1.807, 2.05) is 37.3 Å². The summed E-state index contributed by atoms with van der Waals surface area (Å²) in [5.41, 5.74) is 0.982. The van der Waals surface area contributed by atoms with Crippen LogP contribution in [0.25, 0.3) is 0 Å². The molecule has 6 nitrogen and oxygen atoms in total. The van der Waals surface area contributed by atoms with E-state index in [0.717, 1.165) is 5.56 Å². The van der Waals surface area contributed by atoms with Gasteiger partial charge in [-0.2, -0.15) is 0 Å². The van der Waals surface area contributed by atoms with E-state index in [9.17, 15) is 14.4 Å². The van der Waals surface area contributed by atoms with Gasteiger partial charge in [0.1, 0.15) is 6.54 Å². The van der Waals surface area contributed by atoms with Crippen molar-refractivity contribution in [2.24, 2.45) is 0 Å². The summed E-state index contributed by atoms with van der Waals surface area (Å²) in [4.78, 5) is 37.0. The van der Waals surface area contributed by atoms with Crippen molar-refractivity contribution in [3.8, 4) is 0 Å². The Hall–Kier alpha value is -2.28. The van der Waals surface area contributed by atoms with Crippen LogP contribution >= 0.6 is 11.8 Å². The lowest BCUT2D eigenvalue weighted by Gasteiger charge is -2.19. The SMILES string of the molecule is CCOC(=O)C=C1SCC(=O)N1CC(=O)NC(C)c1ccccc1. The van der Waals surface area contributed by atoms with Crippen molar-refractivity contribution in [3.05, 3.63) is 47.0 Å². The number of nitrogens with zero attached hydrogens (tertiary/aromatic N) is 1. The predicted molar refractivity (Wildman–Crippen MR) is 91.9 cm³/mol. The Kier molecular flexibility index (Phi) is 6.43. The van der Waals surface area contributed by atoms with Gasteiger partial charge in [0.25, 0.3) is 0 Å². The van der Waals surface area contributed by atoms with Gasteiger partial charge in [0.05, 0.1) is 29.5 Å². The number of nitrogens with one attached hydrogen (secondary N) is 1. The van der Waals surface area contributed by atoms with E-state index in [1.54, 1.807) is 6.92 Å². The average Bonchev–Trinajstić information content (AvgIpc) is 2.89. The highest BCUT2D eigenvalue weighted by atomic mass is 32.2. The number of esters is 1. The van der Waals surface area contributed by atoms with Crippen molar-refractivity contribution in [2.75, 3.05) is 18.9 Å². The standard InChI is InChI=1S/C17H20N2O4S/c1-3-23-17(22)9-16-19(15(21)11-24-16)10-14(20)18-12(2)13-7-5-4-6-8-13/h4-9,12H,3,10-11H2,1-2H3,(H,18,20). The van der Waals surface area contributed by atoms with Crippen molar-refractivity contribution in [3.63, 3.8) is 0 Å². The normalized spacial score (nSPS) is 17.0. The summed E-state index contributed by atoms with van der Waals surface area (Å²) in [6.45, 7) is 3.73. The summed E-state index contributed by atoms with van der Waals surface area (Å²) < 4.78 is 4.85. The number of amides is 2. The molecule has 1 heterocycles. The third-order valence-corrected chi connectivity index (χ3v) is 4.44. The zero-order valence-corrected chi connectivity index (χ0v) is 14.5. The molecule has 24 heavy (non-hydrogen) atoms. The Labute approximate surface area is 145 Å². The fraction of sp³-hybridized carbons (Fsp3) is 0.353. The number of ether oxygens (including phenoxy) is 1. The maximum atomic E-state index is 12.2. The fourth-order valence-corrected chi connectivity index (χ4v) is 3.17. The van der Waals surface area contributed by atoms with Crippen molar-refractivity contribution in [1.29, 1.82) is 0 Å². The number of benzene rings is 1. The van der Waals surface area contributed by atoms with Crippen LogP contribution in [0.1, 0.15) is 25.5 Å². The first-order valence-corrected chi connectivity index (χ1v) is 8.65. The molecule has 7 heteroatoms. The van der Waals surface area contributed by atoms with Crippen LogP contribution in [-0.4, -0.2) is 41.6 Å². The number of carbonyl (C=O) groups is 3. The van der Waals surface area contributed by atoms with Gasteiger partial charge < -0.3 is 10.1 Å². The molecule has 128 valence electrons. The van der Waals surface area contributed by atoms with Gasteiger partial charge in [-0.1, -0.05) is 42.1 Å². The number of hydrogen-bond acceptors (Lipinski definition) is 5. The van der Waals surface area contributed by atoms with Gasteiger partial charge in [-0.05, 0) is 19.4 Å². The molecule has 2 amide bonds. The number of rotatable bonds is 6. The third-order valence-electron chi connectivity index (χ3n) is 3.42. The van der Waals surface area contributed by atoms with Crippen molar-refractivity contribution >= 4 is 29.5 Å². The second-order valence-electron chi connectivity index (χ2n) is 5.20. The number of thioether (sulfide) groups is 1. The van der Waals surface area contributed by atoms with Crippen LogP contribution in [-0.2, 0) is 19.1 Å². The molecule has 1 fully saturated rings. The summed E-state index contributed by atoms with van der Waals surface area (Å²) in [5.74, 6) is -0.778. The molecule has 1 saturated heterocycles. The molecule has 0 bridgehead atoms. The summed E-state index contributed by atoms with van der Waals surface area (Å²) in [6.07, 6.45) is 1.26. The van der Waals surface area contributed by atoms with Crippen LogP contribution in [0.4, 0.5) is 0 Å². The van der Waals surface area contributed by atoms with Crippen molar-refractivity contribution < 1.29 is 19.1 Å². The first-order valence-electron chi connectivity index (χ1n) is 7.67. The zero-order valence-electron chi connectivity index (χ0n) is 13.7. The van der Waals surface area contributed by atoms with Gasteiger partial charge >= 0.3 is 5.97 Å². The second-order valence-corrected chi connectivity index (χ2v) is 6.20. The quantitative estimate of drug-likeness (QED) is 0.627. The lowest BCUT2D eigenvalue weighted by Crippen LogP contribution is -2.38. The second kappa shape index (κ2) is 8.54. The molecule has 0 saturated carbocycles. The minimum absolute atomic E-state index is 0.117. The minimum Gasteiger partial charge on any atom is -0.463 e. The van der Waals surface area contributed by atoms with Gasteiger partial charge in [-0.3, -0.25) is 14.5 Å². The Morgan fingerprint density at radius 2 is 2.08 bits per heavy atom. The van der Waals surface area contributed by atoms with E-state index in [2.05, 4.69) is 5.32 Å². The highest BCUT2D eigenvalue weighted by molar-refractivity contribution is 8.04. The van der Waals surface area contributed by atoms with Gasteiger partial charge in [-0.25, -0.2) is 4.79 Å². The van der Waals surface area contributed by atoms with E-state index < -0.39 is 5.97 Å². The summed E-state index contributed by atoms with van der Waals surface area (Å²) in [6, 6.07) is 9.39. The lowest BCUT2D eigenvalue weighted by molar-refractivity contribution is -0.137. The maximum absolute atomic E-state index is 12.2. The topological polar surface area (TPSA) is 75.7 Å². The van der Waals surface area contributed by atoms with Crippen LogP contribution in [0, 0.1) is 0 Å². The molecule has 0 radical (unpaired) electrons. The van der Waals surface area contributed by atoms with E-state index in [0.29, 0.717) is 5.03 Å². The smallest absolute Gasteiger partial charge is 0.333 e. The summed E-state index contributed by atoms with van der Waals surface area (Å²) in [5, 5.41) is 3.30. The van der Waals surface area contributed by atoms with Gasteiger partial charge in [0.2, 0.25) is 11.8 Å². The Bertz CT molecular complexity index is 645. The molecule has 0 spiro atoms. The van der Waals surface area contributed by atoms with Crippen LogP contribution in [0.5, 0.6) is 0 Å². The van der Waals surface area contributed by atoms with Crippen LogP contribution in [0.15, 0.2) is 41.4 Å². The van der Waals surface area contributed by atoms with E-state index >= 15 is 0 Å². The number of hydrogen-bond donors (Lipinski definition) is 1. The minimum atomic E-state index is -0.516. The van der Waals surface area contributed by atoms with Gasteiger partial charge in [0, 0.05) is 0 Å². The molecular weight excluding hydrogens is 328 g/mol. The average molecular weight is 348 g/mol. The van der Waals surface area contributed by atoms with E-state index in [1.165, 1.54) is 22.7 Å². The van der Waals surface area contributed by atoms with Crippen molar-refractivity contribution in [2.45, 2.75) is 19.9 Å². The molecular formula is C17H20N2O4S. The van der Waals surface area contributed by atoms with Crippen LogP contribution in [0.3, 0.4) is 0 Å². The fourth-order valence-electron chi connectivity index (χ4n) is 2.24. The molecule has 0 aliphatic carbocycles. The Morgan fingerprint density at radius 1 is 1.38 bits per heavy atom. The van der Waals surface area contributed by atoms with Crippen molar-refractivity contribution in [1.82, 2.24) is 10.2 Å². The Morgan fingerprint density at radius 3 is 2.75 bits per heavy atom. The highest BCUT2D eigenvalue weighted by Gasteiger charge is 2.29. The largest absolute Gasteiger partial charge is 0.463 e. The van der Waals surface area contributed by atoms with E-state index in [4.69, 9.17) is 4.74 Å². The first kappa shape index (κ1) is 18.1. The molecule has 1 N–H and O–H groups in total. The van der Waals surface area contributed by atoms with Gasteiger partial charge in [-0.15, -0.1) is 0 Å². The molecule has 1 aromatic carbocycles. The predicted octanol–water partition coefficient (Wildman–Crippen LogP) is 1.84. The van der Waals surface area contributed by atoms with Crippen LogP contribution in [0.2, 0.25) is 0 Å². The Balaban J connectivity index is 1.98. The highest BCUT2D eigenvalue weighted by Crippen LogP contribution is 2.28. The monoisotopic (exact) mass is 348 g/mol. The number of carbonyl (C=O) groups excluding carboxylic acids is 3.